The SMILES string of the molecule is CN(Cc1ccc(-c2ccc3c(=O)n(CC[C@@](C)(C(=O)NO)S(C)(=O)=O)cnc3c2)cc1F)C1CC1. The number of carbonyl (C=O) groups excluding carboxylic acids is 1. The quantitative estimate of drug-likeness (QED) is 0.331. The molecular weight excluding hydrogens is 487 g/mol. The summed E-state index contributed by atoms with van der Waals surface area (Å²) in [5, 5.41) is 9.27. The second-order valence-electron chi connectivity index (χ2n) is 9.62. The van der Waals surface area contributed by atoms with Crippen LogP contribution in [0.2, 0.25) is 0 Å². The van der Waals surface area contributed by atoms with Crippen LogP contribution in [0.1, 0.15) is 31.7 Å². The lowest BCUT2D eigenvalue weighted by molar-refractivity contribution is -0.131. The summed E-state index contributed by atoms with van der Waals surface area (Å²) < 4.78 is 38.4. The molecule has 1 aromatic heterocycles. The lowest BCUT2D eigenvalue weighted by Crippen LogP contribution is -2.50. The first-order chi connectivity index (χ1) is 16.9. The van der Waals surface area contributed by atoms with Gasteiger partial charge in [0.1, 0.15) is 5.82 Å². The number of nitrogens with one attached hydrogen (secondary N) is 1. The molecule has 36 heavy (non-hydrogen) atoms. The van der Waals surface area contributed by atoms with E-state index in [9.17, 15) is 22.4 Å². The van der Waals surface area contributed by atoms with Gasteiger partial charge in [0, 0.05) is 31.0 Å². The molecule has 1 aliphatic carbocycles. The smallest absolute Gasteiger partial charge is 0.264 e. The van der Waals surface area contributed by atoms with Gasteiger partial charge in [-0.15, -0.1) is 0 Å². The van der Waals surface area contributed by atoms with Gasteiger partial charge in [0.25, 0.3) is 11.5 Å². The minimum absolute atomic E-state index is 0.109. The lowest BCUT2D eigenvalue weighted by Gasteiger charge is -2.25. The van der Waals surface area contributed by atoms with Crippen LogP contribution in [0.15, 0.2) is 47.5 Å². The van der Waals surface area contributed by atoms with Crippen molar-refractivity contribution in [3.05, 3.63) is 64.5 Å². The number of nitrogens with zero attached hydrogens (tertiary/aromatic N) is 3. The molecule has 0 saturated heterocycles. The van der Waals surface area contributed by atoms with E-state index in [1.54, 1.807) is 24.3 Å². The number of rotatable bonds is 9. The highest BCUT2D eigenvalue weighted by molar-refractivity contribution is 7.92. The highest BCUT2D eigenvalue weighted by Gasteiger charge is 2.43. The zero-order valence-corrected chi connectivity index (χ0v) is 21.2. The molecule has 9 nitrogen and oxygen atoms in total. The Morgan fingerprint density at radius 2 is 1.92 bits per heavy atom. The molecule has 1 saturated carbocycles. The molecule has 1 fully saturated rings. The van der Waals surface area contributed by atoms with Gasteiger partial charge in [-0.05, 0) is 62.6 Å². The number of amides is 1. The van der Waals surface area contributed by atoms with Crippen molar-refractivity contribution in [3.63, 3.8) is 0 Å². The number of fused-ring (bicyclic) bond motifs is 1. The second kappa shape index (κ2) is 9.72. The summed E-state index contributed by atoms with van der Waals surface area (Å²) >= 11 is 0. The number of sulfone groups is 1. The van der Waals surface area contributed by atoms with E-state index in [2.05, 4.69) is 9.88 Å². The zero-order chi connectivity index (χ0) is 26.3. The normalized spacial score (nSPS) is 15.7. The first kappa shape index (κ1) is 25.9. The van der Waals surface area contributed by atoms with E-state index in [4.69, 9.17) is 5.21 Å². The minimum Gasteiger partial charge on any atom is -0.299 e. The van der Waals surface area contributed by atoms with Crippen molar-refractivity contribution < 1.29 is 22.8 Å². The molecule has 2 N–H and O–H groups in total. The predicted octanol–water partition coefficient (Wildman–Crippen LogP) is 2.50. The topological polar surface area (TPSA) is 122 Å². The Morgan fingerprint density at radius 1 is 1.25 bits per heavy atom. The maximum atomic E-state index is 14.8. The van der Waals surface area contributed by atoms with Gasteiger partial charge in [-0.2, -0.15) is 0 Å². The monoisotopic (exact) mass is 516 g/mol. The maximum Gasteiger partial charge on any atom is 0.264 e. The maximum absolute atomic E-state index is 14.8. The Balaban J connectivity index is 1.58. The average Bonchev–Trinajstić information content (AvgIpc) is 3.69. The standard InChI is InChI=1S/C25H29FN4O5S/c1-25(24(32)28-33,36(3,34)35)10-11-30-15-27-22-13-17(6-9-20(22)23(30)31)16-4-5-18(21(26)12-16)14-29(2)19-7-8-19/h4-6,9,12-13,15,19,33H,7-8,10-11,14H2,1-3H3,(H,28,32)/t25-/m0/s1. The van der Waals surface area contributed by atoms with E-state index in [1.807, 2.05) is 13.1 Å². The Kier molecular flexibility index (Phi) is 7.00. The van der Waals surface area contributed by atoms with Crippen LogP contribution in [0.25, 0.3) is 22.0 Å². The molecule has 0 aliphatic heterocycles. The second-order valence-corrected chi connectivity index (χ2v) is 12.1. The average molecular weight is 517 g/mol. The number of benzene rings is 2. The van der Waals surface area contributed by atoms with Crippen molar-refractivity contribution >= 4 is 26.6 Å². The van der Waals surface area contributed by atoms with Crippen LogP contribution in [0.3, 0.4) is 0 Å². The number of carbonyl (C=O) groups is 1. The van der Waals surface area contributed by atoms with Crippen molar-refractivity contribution in [2.45, 2.75) is 50.1 Å². The van der Waals surface area contributed by atoms with Crippen LogP contribution in [0, 0.1) is 5.82 Å². The summed E-state index contributed by atoms with van der Waals surface area (Å²) in [7, 11) is -1.90. The number of halogens is 1. The van der Waals surface area contributed by atoms with Crippen molar-refractivity contribution in [2.24, 2.45) is 0 Å². The van der Waals surface area contributed by atoms with Crippen LogP contribution in [0.5, 0.6) is 0 Å². The van der Waals surface area contributed by atoms with Crippen LogP contribution < -0.4 is 11.0 Å². The lowest BCUT2D eigenvalue weighted by atomic mass is 10.0. The van der Waals surface area contributed by atoms with Crippen molar-refractivity contribution in [1.82, 2.24) is 19.9 Å². The fraction of sp³-hybridized carbons (Fsp3) is 0.400. The first-order valence-electron chi connectivity index (χ1n) is 11.6. The summed E-state index contributed by atoms with van der Waals surface area (Å²) in [5.74, 6) is -1.36. The van der Waals surface area contributed by atoms with Crippen LogP contribution in [-0.4, -0.2) is 58.1 Å². The van der Waals surface area contributed by atoms with Gasteiger partial charge in [-0.1, -0.05) is 18.2 Å². The molecule has 0 bridgehead atoms. The third-order valence-electron chi connectivity index (χ3n) is 7.03. The summed E-state index contributed by atoms with van der Waals surface area (Å²) in [6.07, 6.45) is 4.23. The number of aromatic nitrogens is 2. The molecule has 1 amide bonds. The number of hydrogen-bond acceptors (Lipinski definition) is 7. The van der Waals surface area contributed by atoms with E-state index in [0.29, 0.717) is 40.2 Å². The highest BCUT2D eigenvalue weighted by atomic mass is 32.2. The Morgan fingerprint density at radius 3 is 2.53 bits per heavy atom. The minimum atomic E-state index is -3.89. The van der Waals surface area contributed by atoms with Gasteiger partial charge in [-0.25, -0.2) is 23.3 Å². The Hall–Kier alpha value is -3.15. The zero-order valence-electron chi connectivity index (χ0n) is 20.4. The summed E-state index contributed by atoms with van der Waals surface area (Å²) in [6.45, 7) is 1.63. The van der Waals surface area contributed by atoms with E-state index in [-0.39, 0.29) is 18.8 Å². The molecular formula is C25H29FN4O5S. The molecule has 4 rings (SSSR count). The van der Waals surface area contributed by atoms with Crippen LogP contribution >= 0.6 is 0 Å². The largest absolute Gasteiger partial charge is 0.299 e. The molecule has 192 valence electrons. The van der Waals surface area contributed by atoms with Gasteiger partial charge in [-0.3, -0.25) is 24.3 Å². The molecule has 1 heterocycles. The van der Waals surface area contributed by atoms with E-state index in [0.717, 1.165) is 19.1 Å². The van der Waals surface area contributed by atoms with Crippen LogP contribution in [0.4, 0.5) is 4.39 Å². The fourth-order valence-corrected chi connectivity index (χ4v) is 5.03. The van der Waals surface area contributed by atoms with E-state index in [1.165, 1.54) is 29.4 Å². The number of hydroxylamine groups is 1. The molecule has 0 radical (unpaired) electrons. The number of aryl methyl sites for hydroxylation is 1. The van der Waals surface area contributed by atoms with Gasteiger partial charge < -0.3 is 0 Å². The Bertz CT molecular complexity index is 1490. The summed E-state index contributed by atoms with van der Waals surface area (Å²) in [5.41, 5.74) is 3.39. The third kappa shape index (κ3) is 5.04. The molecule has 11 heteroatoms. The molecule has 3 aromatic rings. The molecule has 1 atom stereocenters. The van der Waals surface area contributed by atoms with Crippen LogP contribution in [-0.2, 0) is 27.7 Å². The van der Waals surface area contributed by atoms with Gasteiger partial charge >= 0.3 is 0 Å². The molecule has 2 aromatic carbocycles. The first-order valence-corrected chi connectivity index (χ1v) is 13.5. The van der Waals surface area contributed by atoms with Gasteiger partial charge in [0.15, 0.2) is 14.6 Å². The van der Waals surface area contributed by atoms with E-state index >= 15 is 0 Å². The molecule has 1 aliphatic rings. The summed E-state index contributed by atoms with van der Waals surface area (Å²) in [4.78, 5) is 31.5. The van der Waals surface area contributed by atoms with Crippen molar-refractivity contribution in [2.75, 3.05) is 13.3 Å². The van der Waals surface area contributed by atoms with Crippen molar-refractivity contribution in [1.29, 1.82) is 0 Å². The molecule has 0 spiro atoms. The predicted molar refractivity (Wildman–Crippen MR) is 134 cm³/mol. The van der Waals surface area contributed by atoms with E-state index < -0.39 is 26.1 Å². The van der Waals surface area contributed by atoms with Gasteiger partial charge in [0.05, 0.1) is 17.2 Å². The highest BCUT2D eigenvalue weighted by Crippen LogP contribution is 2.29. The van der Waals surface area contributed by atoms with Crippen molar-refractivity contribution in [3.8, 4) is 11.1 Å². The fourth-order valence-electron chi connectivity index (χ4n) is 4.18. The van der Waals surface area contributed by atoms with Gasteiger partial charge in [0.2, 0.25) is 0 Å². The summed E-state index contributed by atoms with van der Waals surface area (Å²) in [6, 6.07) is 10.6. The third-order valence-corrected chi connectivity index (χ3v) is 9.06. The molecule has 0 unspecified atom stereocenters. The number of hydrogen-bond donors (Lipinski definition) is 2. The Labute approximate surface area is 208 Å².